The molecule has 1 rings (SSSR count). The van der Waals surface area contributed by atoms with Crippen molar-refractivity contribution in [2.75, 3.05) is 6.61 Å². The van der Waals surface area contributed by atoms with Crippen molar-refractivity contribution >= 4 is 23.8 Å². The van der Waals surface area contributed by atoms with Crippen molar-refractivity contribution in [3.8, 4) is 0 Å². The average molecular weight is 221 g/mol. The summed E-state index contributed by atoms with van der Waals surface area (Å²) in [5, 5.41) is 8.84. The first kappa shape index (κ1) is 11.9. The number of carboxylic acids is 1. The standard InChI is InChI=1S/C11H11NO4/c1-2-16-10(13)7-12-9-6-4-3-5-8(9)11(14)15/h3-7H,2H2,1H3,(H,14,15). The van der Waals surface area contributed by atoms with Crippen molar-refractivity contribution < 1.29 is 19.4 Å². The number of aromatic carboxylic acids is 1. The highest BCUT2D eigenvalue weighted by Gasteiger charge is 2.07. The van der Waals surface area contributed by atoms with Crippen molar-refractivity contribution in [1.29, 1.82) is 0 Å². The number of benzene rings is 1. The van der Waals surface area contributed by atoms with Crippen LogP contribution >= 0.6 is 0 Å². The average Bonchev–Trinajstić information content (AvgIpc) is 2.27. The maximum Gasteiger partial charge on any atom is 0.349 e. The van der Waals surface area contributed by atoms with Crippen LogP contribution in [0.3, 0.4) is 0 Å². The van der Waals surface area contributed by atoms with E-state index in [1.807, 2.05) is 0 Å². The number of para-hydroxylation sites is 1. The predicted molar refractivity (Wildman–Crippen MR) is 58.2 cm³/mol. The predicted octanol–water partition coefficient (Wildman–Crippen LogP) is 1.65. The third kappa shape index (κ3) is 3.20. The molecule has 0 aromatic heterocycles. The number of ether oxygens (including phenoxy) is 1. The molecular weight excluding hydrogens is 210 g/mol. The highest BCUT2D eigenvalue weighted by Crippen LogP contribution is 2.17. The van der Waals surface area contributed by atoms with E-state index in [1.165, 1.54) is 12.1 Å². The maximum absolute atomic E-state index is 11.0. The Balaban J connectivity index is 2.88. The fourth-order valence-corrected chi connectivity index (χ4v) is 1.07. The van der Waals surface area contributed by atoms with E-state index in [4.69, 9.17) is 5.11 Å². The van der Waals surface area contributed by atoms with Gasteiger partial charge in [0.15, 0.2) is 0 Å². The van der Waals surface area contributed by atoms with E-state index in [2.05, 4.69) is 9.73 Å². The number of esters is 1. The van der Waals surface area contributed by atoms with E-state index < -0.39 is 11.9 Å². The van der Waals surface area contributed by atoms with Gasteiger partial charge in [-0.3, -0.25) is 0 Å². The molecule has 0 unspecified atom stereocenters. The van der Waals surface area contributed by atoms with Crippen LogP contribution in [0, 0.1) is 0 Å². The van der Waals surface area contributed by atoms with Crippen LogP contribution in [0.1, 0.15) is 17.3 Å². The number of hydrogen-bond donors (Lipinski definition) is 1. The first-order chi connectivity index (χ1) is 7.65. The normalized spacial score (nSPS) is 10.3. The Morgan fingerprint density at radius 2 is 2.12 bits per heavy atom. The fourth-order valence-electron chi connectivity index (χ4n) is 1.07. The molecule has 5 heteroatoms. The van der Waals surface area contributed by atoms with Gasteiger partial charge in [-0.1, -0.05) is 12.1 Å². The minimum absolute atomic E-state index is 0.0445. The van der Waals surface area contributed by atoms with Crippen molar-refractivity contribution in [3.63, 3.8) is 0 Å². The van der Waals surface area contributed by atoms with E-state index >= 15 is 0 Å². The van der Waals surface area contributed by atoms with Gasteiger partial charge in [-0.05, 0) is 19.1 Å². The van der Waals surface area contributed by atoms with E-state index in [0.29, 0.717) is 0 Å². The number of hydrogen-bond acceptors (Lipinski definition) is 4. The second-order valence-electron chi connectivity index (χ2n) is 2.83. The second-order valence-corrected chi connectivity index (χ2v) is 2.83. The first-order valence-electron chi connectivity index (χ1n) is 4.68. The minimum atomic E-state index is -1.09. The van der Waals surface area contributed by atoms with Gasteiger partial charge >= 0.3 is 11.9 Å². The molecule has 1 aromatic carbocycles. The van der Waals surface area contributed by atoms with Crippen LogP contribution in [-0.4, -0.2) is 29.9 Å². The summed E-state index contributed by atoms with van der Waals surface area (Å²) in [6.45, 7) is 1.93. The van der Waals surface area contributed by atoms with Crippen molar-refractivity contribution in [1.82, 2.24) is 0 Å². The Morgan fingerprint density at radius 1 is 1.44 bits per heavy atom. The molecule has 0 amide bonds. The summed E-state index contributed by atoms with van der Waals surface area (Å²) < 4.78 is 4.63. The summed E-state index contributed by atoms with van der Waals surface area (Å²) in [4.78, 5) is 25.5. The van der Waals surface area contributed by atoms with Gasteiger partial charge in [0.1, 0.15) is 6.21 Å². The van der Waals surface area contributed by atoms with Crippen LogP contribution in [-0.2, 0) is 9.53 Å². The molecule has 0 atom stereocenters. The fraction of sp³-hybridized carbons (Fsp3) is 0.182. The van der Waals surface area contributed by atoms with Gasteiger partial charge in [-0.25, -0.2) is 14.6 Å². The SMILES string of the molecule is CCOC(=O)C=Nc1ccccc1C(=O)O. The summed E-state index contributed by atoms with van der Waals surface area (Å²) >= 11 is 0. The van der Waals surface area contributed by atoms with Gasteiger partial charge in [0.25, 0.3) is 0 Å². The molecule has 0 bridgehead atoms. The highest BCUT2D eigenvalue weighted by atomic mass is 16.5. The monoisotopic (exact) mass is 221 g/mol. The zero-order valence-electron chi connectivity index (χ0n) is 8.71. The van der Waals surface area contributed by atoms with E-state index in [1.54, 1.807) is 19.1 Å². The topological polar surface area (TPSA) is 76.0 Å². The van der Waals surface area contributed by atoms with Crippen molar-refractivity contribution in [3.05, 3.63) is 29.8 Å². The summed E-state index contributed by atoms with van der Waals surface area (Å²) in [7, 11) is 0. The van der Waals surface area contributed by atoms with E-state index in [0.717, 1.165) is 6.21 Å². The Bertz CT molecular complexity index is 426. The molecule has 0 aliphatic heterocycles. The Labute approximate surface area is 92.4 Å². The van der Waals surface area contributed by atoms with Crippen LogP contribution in [0.15, 0.2) is 29.3 Å². The summed E-state index contributed by atoms with van der Waals surface area (Å²) in [6.07, 6.45) is 0.964. The van der Waals surface area contributed by atoms with Gasteiger partial charge in [0.2, 0.25) is 0 Å². The van der Waals surface area contributed by atoms with E-state index in [9.17, 15) is 9.59 Å². The van der Waals surface area contributed by atoms with Crippen LogP contribution < -0.4 is 0 Å². The molecule has 1 N–H and O–H groups in total. The van der Waals surface area contributed by atoms with Crippen LogP contribution in [0.5, 0.6) is 0 Å². The van der Waals surface area contributed by atoms with Gasteiger partial charge in [0, 0.05) is 0 Å². The highest BCUT2D eigenvalue weighted by molar-refractivity contribution is 6.23. The van der Waals surface area contributed by atoms with Crippen molar-refractivity contribution in [2.45, 2.75) is 6.92 Å². The molecule has 0 saturated carbocycles. The molecule has 1 aromatic rings. The van der Waals surface area contributed by atoms with Crippen molar-refractivity contribution in [2.24, 2.45) is 4.99 Å². The number of nitrogens with zero attached hydrogens (tertiary/aromatic N) is 1. The Hall–Kier alpha value is -2.17. The summed E-state index contributed by atoms with van der Waals surface area (Å²) in [5.41, 5.74) is 0.270. The van der Waals surface area contributed by atoms with E-state index in [-0.39, 0.29) is 17.9 Å². The minimum Gasteiger partial charge on any atom is -0.478 e. The smallest absolute Gasteiger partial charge is 0.349 e. The zero-order chi connectivity index (χ0) is 12.0. The molecule has 16 heavy (non-hydrogen) atoms. The first-order valence-corrected chi connectivity index (χ1v) is 4.68. The molecule has 5 nitrogen and oxygen atoms in total. The lowest BCUT2D eigenvalue weighted by Crippen LogP contribution is -2.04. The van der Waals surface area contributed by atoms with Crippen LogP contribution in [0.2, 0.25) is 0 Å². The maximum atomic E-state index is 11.0. The molecule has 0 saturated heterocycles. The third-order valence-electron chi connectivity index (χ3n) is 1.73. The largest absolute Gasteiger partial charge is 0.478 e. The third-order valence-corrected chi connectivity index (χ3v) is 1.73. The lowest BCUT2D eigenvalue weighted by molar-refractivity contribution is -0.134. The quantitative estimate of drug-likeness (QED) is 0.619. The number of carbonyl (C=O) groups is 2. The second kappa shape index (κ2) is 5.65. The van der Waals surface area contributed by atoms with Gasteiger partial charge < -0.3 is 9.84 Å². The number of carbonyl (C=O) groups excluding carboxylic acids is 1. The molecule has 0 fully saturated rings. The lowest BCUT2D eigenvalue weighted by Gasteiger charge is -1.99. The Kier molecular flexibility index (Phi) is 4.20. The summed E-state index contributed by atoms with van der Waals surface area (Å²) in [5.74, 6) is -1.68. The zero-order valence-corrected chi connectivity index (χ0v) is 8.71. The molecule has 0 aliphatic rings. The Morgan fingerprint density at radius 3 is 2.75 bits per heavy atom. The molecule has 0 radical (unpaired) electrons. The van der Waals surface area contributed by atoms with Gasteiger partial charge in [0.05, 0.1) is 17.9 Å². The number of aliphatic imine (C=N–C) groups is 1. The number of carboxylic acid groups (broad SMARTS) is 1. The molecule has 0 heterocycles. The summed E-state index contributed by atoms with van der Waals surface area (Å²) in [6, 6.07) is 6.16. The molecule has 0 spiro atoms. The van der Waals surface area contributed by atoms with Crippen LogP contribution in [0.4, 0.5) is 5.69 Å². The molecular formula is C11H11NO4. The van der Waals surface area contributed by atoms with Gasteiger partial charge in [-0.15, -0.1) is 0 Å². The number of rotatable bonds is 4. The lowest BCUT2D eigenvalue weighted by atomic mass is 10.2. The van der Waals surface area contributed by atoms with Crippen LogP contribution in [0.25, 0.3) is 0 Å². The molecule has 0 aliphatic carbocycles. The van der Waals surface area contributed by atoms with Gasteiger partial charge in [-0.2, -0.15) is 0 Å². The molecule has 84 valence electrons.